The van der Waals surface area contributed by atoms with Crippen molar-refractivity contribution in [2.45, 2.75) is 0 Å². The summed E-state index contributed by atoms with van der Waals surface area (Å²) in [6.07, 6.45) is 0. The van der Waals surface area contributed by atoms with Crippen LogP contribution in [0.4, 0.5) is 5.69 Å². The average Bonchev–Trinajstić information content (AvgIpc) is 3.13. The van der Waals surface area contributed by atoms with Crippen molar-refractivity contribution >= 4 is 22.9 Å². The lowest BCUT2D eigenvalue weighted by atomic mass is 10.2. The highest BCUT2D eigenvalue weighted by Crippen LogP contribution is 2.36. The molecule has 2 aromatic carbocycles. The van der Waals surface area contributed by atoms with Crippen LogP contribution in [0.3, 0.4) is 0 Å². The van der Waals surface area contributed by atoms with Crippen LogP contribution in [0.25, 0.3) is 10.4 Å². The van der Waals surface area contributed by atoms with Gasteiger partial charge >= 0.3 is 0 Å². The van der Waals surface area contributed by atoms with Gasteiger partial charge in [0, 0.05) is 10.6 Å². The molecule has 1 aromatic heterocycles. The Morgan fingerprint density at radius 1 is 1.15 bits per heavy atom. The predicted octanol–water partition coefficient (Wildman–Crippen LogP) is 4.58. The number of ether oxygens (including phenoxy) is 2. The van der Waals surface area contributed by atoms with Crippen LogP contribution in [0.2, 0.25) is 0 Å². The number of methoxy groups -OCH3 is 1. The summed E-state index contributed by atoms with van der Waals surface area (Å²) in [5, 5.41) is 11.4. The van der Waals surface area contributed by atoms with E-state index in [1.165, 1.54) is 11.3 Å². The fourth-order valence-electron chi connectivity index (χ4n) is 2.37. The molecule has 0 radical (unpaired) electrons. The molecule has 1 heterocycles. The van der Waals surface area contributed by atoms with Gasteiger partial charge in [-0.05, 0) is 35.9 Å². The minimum atomic E-state index is -0.236. The van der Waals surface area contributed by atoms with Crippen molar-refractivity contribution < 1.29 is 14.3 Å². The van der Waals surface area contributed by atoms with Crippen molar-refractivity contribution in [3.05, 3.63) is 65.5 Å². The summed E-state index contributed by atoms with van der Waals surface area (Å²) in [6, 6.07) is 20.5. The van der Waals surface area contributed by atoms with Gasteiger partial charge in [-0.2, -0.15) is 5.26 Å². The fraction of sp³-hybridized carbons (Fsp3) is 0.100. The molecular formula is C20H16N2O3S. The number of benzene rings is 2. The minimum Gasteiger partial charge on any atom is -0.495 e. The highest BCUT2D eigenvalue weighted by Gasteiger charge is 2.18. The molecule has 3 rings (SSSR count). The van der Waals surface area contributed by atoms with E-state index >= 15 is 0 Å². The van der Waals surface area contributed by atoms with E-state index in [4.69, 9.17) is 14.7 Å². The number of carbonyl (C=O) groups excluding carboxylic acids is 1. The number of anilines is 1. The molecule has 6 heteroatoms. The van der Waals surface area contributed by atoms with E-state index in [2.05, 4.69) is 5.32 Å². The van der Waals surface area contributed by atoms with Gasteiger partial charge in [0.05, 0.1) is 7.11 Å². The van der Waals surface area contributed by atoms with E-state index in [-0.39, 0.29) is 12.5 Å². The maximum atomic E-state index is 12.6. The molecule has 130 valence electrons. The molecule has 3 aromatic rings. The Kier molecular flexibility index (Phi) is 5.52. The quantitative estimate of drug-likeness (QED) is 0.695. The van der Waals surface area contributed by atoms with Crippen molar-refractivity contribution in [3.8, 4) is 28.0 Å². The first-order valence-corrected chi connectivity index (χ1v) is 8.67. The topological polar surface area (TPSA) is 71.3 Å². The number of carbonyl (C=O) groups is 1. The summed E-state index contributed by atoms with van der Waals surface area (Å²) in [5.41, 5.74) is 1.67. The first-order valence-electron chi connectivity index (χ1n) is 7.85. The predicted molar refractivity (Wildman–Crippen MR) is 102 cm³/mol. The summed E-state index contributed by atoms with van der Waals surface area (Å²) in [6.45, 7) is -0.0135. The van der Waals surface area contributed by atoms with Gasteiger partial charge in [0.25, 0.3) is 5.91 Å². The molecule has 0 atom stereocenters. The van der Waals surface area contributed by atoms with Gasteiger partial charge < -0.3 is 14.8 Å². The van der Waals surface area contributed by atoms with Crippen molar-refractivity contribution in [3.63, 3.8) is 0 Å². The summed E-state index contributed by atoms with van der Waals surface area (Å²) >= 11 is 1.38. The second-order valence-electron chi connectivity index (χ2n) is 5.30. The molecule has 1 N–H and O–H groups in total. The Morgan fingerprint density at radius 3 is 2.54 bits per heavy atom. The number of thiophene rings is 1. The Labute approximate surface area is 155 Å². The van der Waals surface area contributed by atoms with Crippen molar-refractivity contribution in [2.75, 3.05) is 19.0 Å². The molecule has 0 aliphatic heterocycles. The standard InChI is InChI=1S/C20H16N2O3S/c1-24-17-13-18(14-5-3-2-4-6-14)26-19(17)20(23)22-15-7-9-16(10-8-15)25-12-11-21/h2-10,13H,12H2,1H3,(H,22,23). The van der Waals surface area contributed by atoms with Gasteiger partial charge in [-0.3, -0.25) is 4.79 Å². The molecule has 26 heavy (non-hydrogen) atoms. The van der Waals surface area contributed by atoms with Gasteiger partial charge in [0.15, 0.2) is 6.61 Å². The van der Waals surface area contributed by atoms with Crippen molar-refractivity contribution in [2.24, 2.45) is 0 Å². The molecule has 0 bridgehead atoms. The molecule has 0 aliphatic carbocycles. The van der Waals surface area contributed by atoms with Crippen molar-refractivity contribution in [1.82, 2.24) is 0 Å². The number of nitrogens with zero attached hydrogens (tertiary/aromatic N) is 1. The molecular weight excluding hydrogens is 348 g/mol. The summed E-state index contributed by atoms with van der Waals surface area (Å²) in [4.78, 5) is 14.1. The largest absolute Gasteiger partial charge is 0.495 e. The number of rotatable bonds is 6. The van der Waals surface area contributed by atoms with Crippen LogP contribution < -0.4 is 14.8 Å². The normalized spacial score (nSPS) is 10.0. The van der Waals surface area contributed by atoms with Gasteiger partial charge in [0.1, 0.15) is 22.4 Å². The van der Waals surface area contributed by atoms with Crippen LogP contribution in [0.1, 0.15) is 9.67 Å². The van der Waals surface area contributed by atoms with E-state index in [9.17, 15) is 4.79 Å². The van der Waals surface area contributed by atoms with Gasteiger partial charge in [-0.25, -0.2) is 0 Å². The Bertz CT molecular complexity index is 928. The van der Waals surface area contributed by atoms with E-state index < -0.39 is 0 Å². The van der Waals surface area contributed by atoms with Crippen molar-refractivity contribution in [1.29, 1.82) is 5.26 Å². The number of nitrogens with one attached hydrogen (secondary N) is 1. The third kappa shape index (κ3) is 4.02. The molecule has 0 fully saturated rings. The third-order valence-electron chi connectivity index (χ3n) is 3.60. The van der Waals surface area contributed by atoms with Gasteiger partial charge in [0.2, 0.25) is 0 Å². The van der Waals surface area contributed by atoms with Crippen LogP contribution >= 0.6 is 11.3 Å². The average molecular weight is 364 g/mol. The second-order valence-corrected chi connectivity index (χ2v) is 6.35. The molecule has 5 nitrogen and oxygen atoms in total. The van der Waals surface area contributed by atoms with E-state index in [0.717, 1.165) is 10.4 Å². The third-order valence-corrected chi connectivity index (χ3v) is 4.76. The molecule has 0 aliphatic rings. The fourth-order valence-corrected chi connectivity index (χ4v) is 3.39. The van der Waals surface area contributed by atoms with E-state index in [1.807, 2.05) is 42.5 Å². The highest BCUT2D eigenvalue weighted by atomic mass is 32.1. The maximum Gasteiger partial charge on any atom is 0.269 e. The number of hydrogen-bond acceptors (Lipinski definition) is 5. The van der Waals surface area contributed by atoms with Gasteiger partial charge in [-0.15, -0.1) is 11.3 Å². The summed E-state index contributed by atoms with van der Waals surface area (Å²) in [7, 11) is 1.55. The maximum absolute atomic E-state index is 12.6. The smallest absolute Gasteiger partial charge is 0.269 e. The zero-order chi connectivity index (χ0) is 18.4. The summed E-state index contributed by atoms with van der Waals surface area (Å²) in [5.74, 6) is 0.879. The number of hydrogen-bond donors (Lipinski definition) is 1. The minimum absolute atomic E-state index is 0.0135. The zero-order valence-corrected chi connectivity index (χ0v) is 14.9. The second kappa shape index (κ2) is 8.19. The lowest BCUT2D eigenvalue weighted by Gasteiger charge is -2.07. The Hall–Kier alpha value is -3.30. The SMILES string of the molecule is COc1cc(-c2ccccc2)sc1C(=O)Nc1ccc(OCC#N)cc1. The number of amides is 1. The highest BCUT2D eigenvalue weighted by molar-refractivity contribution is 7.17. The lowest BCUT2D eigenvalue weighted by Crippen LogP contribution is -2.11. The Morgan fingerprint density at radius 2 is 1.88 bits per heavy atom. The van der Waals surface area contributed by atoms with Crippen LogP contribution in [0, 0.1) is 11.3 Å². The lowest BCUT2D eigenvalue weighted by molar-refractivity contribution is 0.102. The summed E-state index contributed by atoms with van der Waals surface area (Å²) < 4.78 is 10.6. The van der Waals surface area contributed by atoms with Crippen LogP contribution in [0.15, 0.2) is 60.7 Å². The first kappa shape index (κ1) is 17.5. The first-order chi connectivity index (χ1) is 12.7. The molecule has 0 saturated heterocycles. The number of nitriles is 1. The monoisotopic (exact) mass is 364 g/mol. The van der Waals surface area contributed by atoms with Crippen LogP contribution in [0.5, 0.6) is 11.5 Å². The zero-order valence-electron chi connectivity index (χ0n) is 14.1. The molecule has 0 unspecified atom stereocenters. The molecule has 0 saturated carbocycles. The van der Waals surface area contributed by atoms with E-state index in [0.29, 0.717) is 22.1 Å². The van der Waals surface area contributed by atoms with Crippen LogP contribution in [-0.4, -0.2) is 19.6 Å². The van der Waals surface area contributed by atoms with Crippen LogP contribution in [-0.2, 0) is 0 Å². The van der Waals surface area contributed by atoms with E-state index in [1.54, 1.807) is 31.4 Å². The molecule has 0 spiro atoms. The molecule has 1 amide bonds. The van der Waals surface area contributed by atoms with Gasteiger partial charge in [-0.1, -0.05) is 30.3 Å². The Balaban J connectivity index is 1.77.